The summed E-state index contributed by atoms with van der Waals surface area (Å²) in [7, 11) is 0. The van der Waals surface area contributed by atoms with Crippen molar-refractivity contribution in [1.82, 2.24) is 5.32 Å². The van der Waals surface area contributed by atoms with Crippen molar-refractivity contribution >= 4 is 32.8 Å². The van der Waals surface area contributed by atoms with E-state index in [0.29, 0.717) is 11.0 Å². The lowest BCUT2D eigenvalue weighted by molar-refractivity contribution is 0.0935. The number of hydrogen-bond acceptors (Lipinski definition) is 3. The monoisotopic (exact) mass is 399 g/mol. The number of carbonyl (C=O) groups excluding carboxylic acids is 1. The minimum Gasteiger partial charge on any atom is -0.422 e. The van der Waals surface area contributed by atoms with Crippen LogP contribution < -0.4 is 10.9 Å². The summed E-state index contributed by atoms with van der Waals surface area (Å²) in [6.45, 7) is 1.93. The van der Waals surface area contributed by atoms with Gasteiger partial charge >= 0.3 is 5.63 Å². The van der Waals surface area contributed by atoms with E-state index in [1.54, 1.807) is 18.2 Å². The van der Waals surface area contributed by atoms with E-state index in [4.69, 9.17) is 4.42 Å². The van der Waals surface area contributed by atoms with E-state index in [1.807, 2.05) is 31.2 Å². The van der Waals surface area contributed by atoms with Gasteiger partial charge < -0.3 is 9.73 Å². The second-order valence-electron chi connectivity index (χ2n) is 6.03. The molecule has 0 saturated carbocycles. The standard InChI is InChI=1S/C20H18BrNO3/c1-13(7-8-14-5-3-2-4-6-14)22-19(23)17-12-15-11-16(21)9-10-18(15)25-20(17)24/h2-6,9-13H,7-8H2,1H3,(H,22,23). The van der Waals surface area contributed by atoms with Gasteiger partial charge in [-0.05, 0) is 49.6 Å². The Morgan fingerprint density at radius 2 is 1.92 bits per heavy atom. The summed E-state index contributed by atoms with van der Waals surface area (Å²) in [4.78, 5) is 24.5. The molecule has 0 radical (unpaired) electrons. The smallest absolute Gasteiger partial charge is 0.349 e. The van der Waals surface area contributed by atoms with Gasteiger partial charge in [-0.15, -0.1) is 0 Å². The summed E-state index contributed by atoms with van der Waals surface area (Å²) >= 11 is 3.38. The number of rotatable bonds is 5. The summed E-state index contributed by atoms with van der Waals surface area (Å²) in [6, 6.07) is 16.9. The van der Waals surface area contributed by atoms with Crippen LogP contribution in [0, 0.1) is 0 Å². The van der Waals surface area contributed by atoms with Crippen molar-refractivity contribution in [2.24, 2.45) is 0 Å². The second-order valence-corrected chi connectivity index (χ2v) is 6.94. The van der Waals surface area contributed by atoms with Gasteiger partial charge in [0.2, 0.25) is 0 Å². The van der Waals surface area contributed by atoms with Gasteiger partial charge in [-0.25, -0.2) is 4.79 Å². The van der Waals surface area contributed by atoms with Gasteiger partial charge in [-0.2, -0.15) is 0 Å². The molecule has 1 amide bonds. The summed E-state index contributed by atoms with van der Waals surface area (Å²) in [6.07, 6.45) is 1.65. The summed E-state index contributed by atoms with van der Waals surface area (Å²) in [5.41, 5.74) is 1.08. The maximum absolute atomic E-state index is 12.4. The van der Waals surface area contributed by atoms with Gasteiger partial charge in [0.15, 0.2) is 0 Å². The first-order chi connectivity index (χ1) is 12.0. The van der Waals surface area contributed by atoms with Crippen LogP contribution in [0.15, 0.2) is 68.3 Å². The van der Waals surface area contributed by atoms with Crippen LogP contribution in [0.25, 0.3) is 11.0 Å². The largest absolute Gasteiger partial charge is 0.422 e. The minimum absolute atomic E-state index is 0.0251. The average Bonchev–Trinajstić information content (AvgIpc) is 2.60. The number of halogens is 1. The molecular formula is C20H18BrNO3. The SMILES string of the molecule is CC(CCc1ccccc1)NC(=O)c1cc2cc(Br)ccc2oc1=O. The molecule has 0 saturated heterocycles. The lowest BCUT2D eigenvalue weighted by Gasteiger charge is -2.13. The van der Waals surface area contributed by atoms with Crippen LogP contribution in [0.1, 0.15) is 29.3 Å². The van der Waals surface area contributed by atoms with E-state index >= 15 is 0 Å². The highest BCUT2D eigenvalue weighted by Gasteiger charge is 2.16. The van der Waals surface area contributed by atoms with Gasteiger partial charge in [-0.3, -0.25) is 4.79 Å². The first-order valence-electron chi connectivity index (χ1n) is 8.11. The van der Waals surface area contributed by atoms with Crippen LogP contribution >= 0.6 is 15.9 Å². The molecule has 1 atom stereocenters. The van der Waals surface area contributed by atoms with E-state index in [9.17, 15) is 9.59 Å². The van der Waals surface area contributed by atoms with Gasteiger partial charge in [0, 0.05) is 15.9 Å². The number of nitrogens with one attached hydrogen (secondary N) is 1. The molecule has 0 aliphatic rings. The molecule has 128 valence electrons. The van der Waals surface area contributed by atoms with Crippen molar-refractivity contribution in [3.63, 3.8) is 0 Å². The summed E-state index contributed by atoms with van der Waals surface area (Å²) in [5, 5.41) is 3.58. The Labute approximate surface area is 154 Å². The highest BCUT2D eigenvalue weighted by atomic mass is 79.9. The average molecular weight is 400 g/mol. The topological polar surface area (TPSA) is 59.3 Å². The molecule has 25 heavy (non-hydrogen) atoms. The highest BCUT2D eigenvalue weighted by molar-refractivity contribution is 9.10. The fourth-order valence-corrected chi connectivity index (χ4v) is 3.03. The molecule has 4 nitrogen and oxygen atoms in total. The van der Waals surface area contributed by atoms with Crippen molar-refractivity contribution in [2.45, 2.75) is 25.8 Å². The molecule has 5 heteroatoms. The van der Waals surface area contributed by atoms with Crippen LogP contribution in [0.5, 0.6) is 0 Å². The Bertz CT molecular complexity index is 950. The number of fused-ring (bicyclic) bond motifs is 1. The van der Waals surface area contributed by atoms with E-state index in [2.05, 4.69) is 33.4 Å². The molecule has 0 aliphatic heterocycles. The lowest BCUT2D eigenvalue weighted by Crippen LogP contribution is -2.35. The first-order valence-corrected chi connectivity index (χ1v) is 8.90. The van der Waals surface area contributed by atoms with E-state index in [-0.39, 0.29) is 11.6 Å². The number of hydrogen-bond donors (Lipinski definition) is 1. The molecule has 0 fully saturated rings. The molecule has 3 aromatic rings. The maximum Gasteiger partial charge on any atom is 0.349 e. The molecule has 1 aromatic heterocycles. The normalized spacial score (nSPS) is 12.1. The number of carbonyl (C=O) groups is 1. The van der Waals surface area contributed by atoms with Crippen LogP contribution in [-0.2, 0) is 6.42 Å². The quantitative estimate of drug-likeness (QED) is 0.650. The summed E-state index contributed by atoms with van der Waals surface area (Å²) < 4.78 is 6.10. The fraction of sp³-hybridized carbons (Fsp3) is 0.200. The maximum atomic E-state index is 12.4. The zero-order valence-corrected chi connectivity index (χ0v) is 15.4. The molecule has 0 bridgehead atoms. The van der Waals surface area contributed by atoms with Gasteiger partial charge in [0.25, 0.3) is 5.91 Å². The molecular weight excluding hydrogens is 382 g/mol. The number of benzene rings is 2. The molecule has 1 heterocycles. The zero-order valence-electron chi connectivity index (χ0n) is 13.8. The lowest BCUT2D eigenvalue weighted by atomic mass is 10.1. The Balaban J connectivity index is 1.71. The van der Waals surface area contributed by atoms with Gasteiger partial charge in [0.05, 0.1) is 0 Å². The first kappa shape index (κ1) is 17.4. The third-order valence-electron chi connectivity index (χ3n) is 4.03. The van der Waals surface area contributed by atoms with E-state index in [0.717, 1.165) is 17.3 Å². The van der Waals surface area contributed by atoms with Crippen molar-refractivity contribution in [3.8, 4) is 0 Å². The third-order valence-corrected chi connectivity index (χ3v) is 4.52. The van der Waals surface area contributed by atoms with Crippen LogP contribution in [0.2, 0.25) is 0 Å². The van der Waals surface area contributed by atoms with Gasteiger partial charge in [-0.1, -0.05) is 46.3 Å². The van der Waals surface area contributed by atoms with Crippen molar-refractivity contribution in [1.29, 1.82) is 0 Å². The predicted octanol–water partition coefficient (Wildman–Crippen LogP) is 4.31. The van der Waals surface area contributed by atoms with Crippen LogP contribution in [0.3, 0.4) is 0 Å². The summed E-state index contributed by atoms with van der Waals surface area (Å²) in [5.74, 6) is -0.406. The second kappa shape index (κ2) is 7.66. The molecule has 3 rings (SSSR count). The van der Waals surface area contributed by atoms with E-state index in [1.165, 1.54) is 5.56 Å². The molecule has 0 spiro atoms. The number of aryl methyl sites for hydroxylation is 1. The van der Waals surface area contributed by atoms with Crippen molar-refractivity contribution in [2.75, 3.05) is 0 Å². The Morgan fingerprint density at radius 1 is 1.16 bits per heavy atom. The molecule has 0 aliphatic carbocycles. The molecule has 1 N–H and O–H groups in total. The fourth-order valence-electron chi connectivity index (χ4n) is 2.65. The Hall–Kier alpha value is -2.40. The minimum atomic E-state index is -0.623. The van der Waals surface area contributed by atoms with Crippen LogP contribution in [-0.4, -0.2) is 11.9 Å². The molecule has 2 aromatic carbocycles. The zero-order chi connectivity index (χ0) is 17.8. The van der Waals surface area contributed by atoms with Crippen molar-refractivity contribution < 1.29 is 9.21 Å². The Morgan fingerprint density at radius 3 is 2.68 bits per heavy atom. The Kier molecular flexibility index (Phi) is 5.34. The molecule has 1 unspecified atom stereocenters. The van der Waals surface area contributed by atoms with Crippen LogP contribution in [0.4, 0.5) is 0 Å². The third kappa shape index (κ3) is 4.37. The van der Waals surface area contributed by atoms with Gasteiger partial charge in [0.1, 0.15) is 11.1 Å². The number of amides is 1. The van der Waals surface area contributed by atoms with E-state index < -0.39 is 11.5 Å². The predicted molar refractivity (Wildman–Crippen MR) is 102 cm³/mol. The highest BCUT2D eigenvalue weighted by Crippen LogP contribution is 2.19. The van der Waals surface area contributed by atoms with Crippen molar-refractivity contribution in [3.05, 3.63) is 80.6 Å².